The van der Waals surface area contributed by atoms with Crippen molar-refractivity contribution in [2.75, 3.05) is 0 Å². The summed E-state index contributed by atoms with van der Waals surface area (Å²) in [4.78, 5) is 23.8. The Bertz CT molecular complexity index is 733. The van der Waals surface area contributed by atoms with E-state index in [2.05, 4.69) is 15.8 Å². The minimum atomic E-state index is -0.609. The summed E-state index contributed by atoms with van der Waals surface area (Å²) in [5.74, 6) is -0.408. The van der Waals surface area contributed by atoms with Crippen LogP contribution in [0.2, 0.25) is 0 Å². The number of hydrogen-bond acceptors (Lipinski definition) is 4. The van der Waals surface area contributed by atoms with Gasteiger partial charge in [0, 0.05) is 6.08 Å². The van der Waals surface area contributed by atoms with Crippen LogP contribution in [0.1, 0.15) is 17.2 Å². The number of amides is 2. The summed E-state index contributed by atoms with van der Waals surface area (Å²) in [6.45, 7) is 0. The largest absolute Gasteiger partial charge is 0.465 e. The maximum atomic E-state index is 11.9. The molecule has 0 radical (unpaired) electrons. The lowest BCUT2D eigenvalue weighted by Crippen LogP contribution is -2.34. The summed E-state index contributed by atoms with van der Waals surface area (Å²) < 4.78 is 5.10. The molecule has 1 atom stereocenters. The van der Waals surface area contributed by atoms with Gasteiger partial charge in [-0.3, -0.25) is 9.59 Å². The highest BCUT2D eigenvalue weighted by Gasteiger charge is 2.32. The third-order valence-electron chi connectivity index (χ3n) is 3.15. The van der Waals surface area contributed by atoms with E-state index in [0.29, 0.717) is 5.76 Å². The van der Waals surface area contributed by atoms with Crippen LogP contribution in [0.15, 0.2) is 64.3 Å². The molecule has 0 aliphatic carbocycles. The summed E-state index contributed by atoms with van der Waals surface area (Å²) in [6.07, 6.45) is 4.39. The molecule has 0 bridgehead atoms. The zero-order valence-electron chi connectivity index (χ0n) is 11.5. The molecule has 0 saturated heterocycles. The third-order valence-corrected chi connectivity index (χ3v) is 3.15. The number of nitrogens with one attached hydrogen (secondary N) is 2. The Morgan fingerprint density at radius 1 is 1.23 bits per heavy atom. The minimum absolute atomic E-state index is 0.267. The van der Waals surface area contributed by atoms with Crippen molar-refractivity contribution in [1.29, 1.82) is 0 Å². The Hall–Kier alpha value is -3.15. The number of rotatable bonds is 3. The fourth-order valence-electron chi connectivity index (χ4n) is 2.14. The van der Waals surface area contributed by atoms with E-state index in [1.807, 2.05) is 30.3 Å². The molecule has 0 fully saturated rings. The van der Waals surface area contributed by atoms with Crippen LogP contribution in [0.3, 0.4) is 0 Å². The van der Waals surface area contributed by atoms with Crippen LogP contribution in [0.5, 0.6) is 0 Å². The molecule has 22 heavy (non-hydrogen) atoms. The second-order valence-electron chi connectivity index (χ2n) is 4.65. The van der Waals surface area contributed by atoms with Crippen LogP contribution in [-0.2, 0) is 9.59 Å². The number of hydrogen-bond donors (Lipinski definition) is 2. The van der Waals surface area contributed by atoms with Gasteiger partial charge >= 0.3 is 0 Å². The highest BCUT2D eigenvalue weighted by atomic mass is 16.3. The van der Waals surface area contributed by atoms with Crippen molar-refractivity contribution in [3.05, 3.63) is 66.1 Å². The van der Waals surface area contributed by atoms with Gasteiger partial charge in [-0.1, -0.05) is 30.3 Å². The first-order valence-electron chi connectivity index (χ1n) is 6.69. The quantitative estimate of drug-likeness (QED) is 0.844. The van der Waals surface area contributed by atoms with Gasteiger partial charge in [0.05, 0.1) is 6.26 Å². The maximum Gasteiger partial charge on any atom is 0.255 e. The summed E-state index contributed by atoms with van der Waals surface area (Å²) in [5, 5.41) is 6.51. The summed E-state index contributed by atoms with van der Waals surface area (Å²) in [5.41, 5.74) is 3.15. The van der Waals surface area contributed by atoms with Gasteiger partial charge in [0.15, 0.2) is 0 Å². The lowest BCUT2D eigenvalue weighted by molar-refractivity contribution is -0.120. The molecule has 2 heterocycles. The van der Waals surface area contributed by atoms with Crippen molar-refractivity contribution in [3.8, 4) is 0 Å². The molecule has 1 aromatic heterocycles. The molecule has 1 aliphatic heterocycles. The zero-order valence-corrected chi connectivity index (χ0v) is 11.5. The van der Waals surface area contributed by atoms with Gasteiger partial charge < -0.3 is 9.73 Å². The van der Waals surface area contributed by atoms with E-state index in [1.165, 1.54) is 18.4 Å². The summed E-state index contributed by atoms with van der Waals surface area (Å²) in [7, 11) is 0. The van der Waals surface area contributed by atoms with Crippen LogP contribution in [-0.4, -0.2) is 17.6 Å². The van der Waals surface area contributed by atoms with E-state index < -0.39 is 5.92 Å². The summed E-state index contributed by atoms with van der Waals surface area (Å²) in [6, 6.07) is 12.6. The first-order valence-corrected chi connectivity index (χ1v) is 6.69. The number of amidine groups is 1. The molecule has 3 rings (SSSR count). The van der Waals surface area contributed by atoms with Crippen molar-refractivity contribution in [2.45, 2.75) is 5.92 Å². The third kappa shape index (κ3) is 2.95. The molecule has 1 aromatic carbocycles. The van der Waals surface area contributed by atoms with Crippen molar-refractivity contribution in [2.24, 2.45) is 5.10 Å². The van der Waals surface area contributed by atoms with E-state index in [9.17, 15) is 9.59 Å². The van der Waals surface area contributed by atoms with Crippen molar-refractivity contribution >= 4 is 23.7 Å². The smallest absolute Gasteiger partial charge is 0.255 e. The molecular formula is C16H13N3O3. The molecule has 2 aromatic rings. The van der Waals surface area contributed by atoms with E-state index in [-0.39, 0.29) is 17.6 Å². The van der Waals surface area contributed by atoms with Gasteiger partial charge in [-0.05, 0) is 23.8 Å². The molecular weight excluding hydrogens is 282 g/mol. The highest BCUT2D eigenvalue weighted by Crippen LogP contribution is 2.20. The lowest BCUT2D eigenvalue weighted by Gasteiger charge is -2.10. The van der Waals surface area contributed by atoms with E-state index >= 15 is 0 Å². The molecule has 2 N–H and O–H groups in total. The monoisotopic (exact) mass is 295 g/mol. The average Bonchev–Trinajstić information content (AvgIpc) is 3.16. The van der Waals surface area contributed by atoms with Gasteiger partial charge in [-0.2, -0.15) is 5.10 Å². The number of carbonyl (C=O) groups is 2. The van der Waals surface area contributed by atoms with Crippen molar-refractivity contribution in [3.63, 3.8) is 0 Å². The molecule has 0 saturated carbocycles. The fourth-order valence-corrected chi connectivity index (χ4v) is 2.14. The van der Waals surface area contributed by atoms with Gasteiger partial charge in [-0.15, -0.1) is 0 Å². The van der Waals surface area contributed by atoms with Crippen molar-refractivity contribution in [1.82, 2.24) is 10.7 Å². The number of hydrazone groups is 1. The molecule has 1 aliphatic rings. The van der Waals surface area contributed by atoms with Crippen LogP contribution in [0.4, 0.5) is 0 Å². The Morgan fingerprint density at radius 3 is 2.77 bits per heavy atom. The van der Waals surface area contributed by atoms with Gasteiger partial charge in [0.1, 0.15) is 17.5 Å². The van der Waals surface area contributed by atoms with Crippen molar-refractivity contribution < 1.29 is 14.0 Å². The van der Waals surface area contributed by atoms with Crippen LogP contribution >= 0.6 is 0 Å². The maximum absolute atomic E-state index is 11.9. The molecule has 1 unspecified atom stereocenters. The SMILES string of the molecule is O=C(/C=C/c1ccco1)NC1=NNC(=O)C1c1ccccc1. The first-order chi connectivity index (χ1) is 10.7. The van der Waals surface area contributed by atoms with Gasteiger partial charge in [0.2, 0.25) is 5.91 Å². The average molecular weight is 295 g/mol. The topological polar surface area (TPSA) is 83.7 Å². The predicted octanol–water partition coefficient (Wildman–Crippen LogP) is 1.64. The molecule has 0 spiro atoms. The molecule has 6 nitrogen and oxygen atoms in total. The van der Waals surface area contributed by atoms with E-state index in [4.69, 9.17) is 4.42 Å². The first kappa shape index (κ1) is 13.8. The predicted molar refractivity (Wildman–Crippen MR) is 80.6 cm³/mol. The zero-order chi connectivity index (χ0) is 15.4. The highest BCUT2D eigenvalue weighted by molar-refractivity contribution is 6.17. The van der Waals surface area contributed by atoms with Crippen LogP contribution < -0.4 is 10.7 Å². The fraction of sp³-hybridized carbons (Fsp3) is 0.0625. The van der Waals surface area contributed by atoms with Crippen LogP contribution in [0.25, 0.3) is 6.08 Å². The van der Waals surface area contributed by atoms with E-state index in [0.717, 1.165) is 5.56 Å². The summed E-state index contributed by atoms with van der Waals surface area (Å²) >= 11 is 0. The Morgan fingerprint density at radius 2 is 2.05 bits per heavy atom. The van der Waals surface area contributed by atoms with E-state index in [1.54, 1.807) is 12.1 Å². The number of nitrogens with zero attached hydrogens (tertiary/aromatic N) is 1. The number of benzene rings is 1. The normalized spacial score (nSPS) is 17.4. The second kappa shape index (κ2) is 6.09. The molecule has 6 heteroatoms. The van der Waals surface area contributed by atoms with Gasteiger partial charge in [-0.25, -0.2) is 5.43 Å². The Balaban J connectivity index is 1.71. The van der Waals surface area contributed by atoms with Crippen LogP contribution in [0, 0.1) is 0 Å². The number of carbonyl (C=O) groups excluding carboxylic acids is 2. The Labute approximate surface area is 126 Å². The van der Waals surface area contributed by atoms with Gasteiger partial charge in [0.25, 0.3) is 5.91 Å². The lowest BCUT2D eigenvalue weighted by atomic mass is 9.98. The molecule has 2 amide bonds. The number of furan rings is 1. The standard InChI is InChI=1S/C16H13N3O3/c20-13(9-8-12-7-4-10-22-12)17-15-14(16(21)19-18-15)11-5-2-1-3-6-11/h1-10,14H,(H,19,21)(H,17,18,20)/b9-8+. The molecule has 110 valence electrons. The Kier molecular flexibility index (Phi) is 3.82. The minimum Gasteiger partial charge on any atom is -0.465 e. The second-order valence-corrected chi connectivity index (χ2v) is 4.65.